The molecule has 1 aliphatic rings. The molecule has 0 aromatic carbocycles. The van der Waals surface area contributed by atoms with Crippen molar-refractivity contribution in [1.82, 2.24) is 35.0 Å². The molecule has 0 amide bonds. The number of aromatic nitrogens is 6. The lowest BCUT2D eigenvalue weighted by Gasteiger charge is -2.34. The lowest BCUT2D eigenvalue weighted by molar-refractivity contribution is -0.138. The van der Waals surface area contributed by atoms with E-state index in [9.17, 15) is 26.3 Å². The molecule has 9 nitrogen and oxygen atoms in total. The highest BCUT2D eigenvalue weighted by Crippen LogP contribution is 2.37. The maximum atomic E-state index is 14.1. The van der Waals surface area contributed by atoms with E-state index in [1.54, 1.807) is 4.90 Å². The highest BCUT2D eigenvalue weighted by molar-refractivity contribution is 5.87. The molecule has 15 heteroatoms. The standard InChI is InChI=1S/C24H21F6N9/c1-2-38-7-9-39(10-8-38)19-11-15(24(28,29)30)20(37-36-19)17-13-33-21-16(5-6-31-22(21)35-17)34-18-4-3-14(12-32-18)23(25,26)27/h3-6,11-13H,2,7-10H2,1H3,(H,31,32,34,35). The van der Waals surface area contributed by atoms with Crippen LogP contribution in [0.15, 0.2) is 42.9 Å². The van der Waals surface area contributed by atoms with Crippen molar-refractivity contribution >= 4 is 28.5 Å². The predicted octanol–water partition coefficient (Wildman–Crippen LogP) is 4.80. The first-order valence-electron chi connectivity index (χ1n) is 11.9. The molecule has 1 N–H and O–H groups in total. The van der Waals surface area contributed by atoms with E-state index in [0.717, 1.165) is 30.9 Å². The first kappa shape index (κ1) is 26.5. The van der Waals surface area contributed by atoms with Gasteiger partial charge < -0.3 is 15.1 Å². The van der Waals surface area contributed by atoms with Gasteiger partial charge >= 0.3 is 12.4 Å². The molecule has 0 unspecified atom stereocenters. The third-order valence-electron chi connectivity index (χ3n) is 6.27. The molecule has 1 aliphatic heterocycles. The third kappa shape index (κ3) is 5.67. The number of anilines is 3. The van der Waals surface area contributed by atoms with Crippen LogP contribution in [0.5, 0.6) is 0 Å². The minimum Gasteiger partial charge on any atom is -0.353 e. The molecule has 5 heterocycles. The van der Waals surface area contributed by atoms with Crippen LogP contribution in [-0.4, -0.2) is 67.8 Å². The Morgan fingerprint density at radius 3 is 2.28 bits per heavy atom. The molecule has 0 radical (unpaired) electrons. The van der Waals surface area contributed by atoms with Gasteiger partial charge in [-0.3, -0.25) is 0 Å². The number of fused-ring (bicyclic) bond motifs is 1. The number of likely N-dealkylation sites (N-methyl/N-ethyl adjacent to an activating group) is 1. The number of piperazine rings is 1. The molecule has 0 atom stereocenters. The summed E-state index contributed by atoms with van der Waals surface area (Å²) in [5, 5.41) is 10.8. The van der Waals surface area contributed by atoms with Gasteiger partial charge in [0.15, 0.2) is 11.5 Å². The molecule has 0 aliphatic carbocycles. The fraction of sp³-hybridized carbons (Fsp3) is 0.333. The topological polar surface area (TPSA) is 95.8 Å². The SMILES string of the molecule is CCN1CCN(c2cc(C(F)(F)F)c(-c3cnc4c(Nc5ccc(C(F)(F)F)cn5)ccnc4n3)nn2)CC1. The van der Waals surface area contributed by atoms with Crippen molar-refractivity contribution in [3.63, 3.8) is 0 Å². The Morgan fingerprint density at radius 2 is 1.64 bits per heavy atom. The minimum absolute atomic E-state index is 0.000833. The zero-order valence-electron chi connectivity index (χ0n) is 20.4. The van der Waals surface area contributed by atoms with Crippen molar-refractivity contribution in [2.45, 2.75) is 19.3 Å². The first-order valence-corrected chi connectivity index (χ1v) is 11.9. The van der Waals surface area contributed by atoms with Gasteiger partial charge in [-0.25, -0.2) is 19.9 Å². The molecule has 204 valence electrons. The number of halogens is 6. The Labute approximate surface area is 217 Å². The van der Waals surface area contributed by atoms with Crippen molar-refractivity contribution in [2.24, 2.45) is 0 Å². The minimum atomic E-state index is -4.73. The number of hydrogen-bond donors (Lipinski definition) is 1. The summed E-state index contributed by atoms with van der Waals surface area (Å²) < 4.78 is 80.6. The normalized spacial score (nSPS) is 15.1. The van der Waals surface area contributed by atoms with Gasteiger partial charge in [0.05, 0.1) is 23.0 Å². The maximum Gasteiger partial charge on any atom is 0.418 e. The van der Waals surface area contributed by atoms with Crippen molar-refractivity contribution < 1.29 is 26.3 Å². The highest BCUT2D eigenvalue weighted by Gasteiger charge is 2.37. The average Bonchev–Trinajstić information content (AvgIpc) is 2.92. The molecule has 39 heavy (non-hydrogen) atoms. The van der Waals surface area contributed by atoms with E-state index < -0.39 is 29.2 Å². The van der Waals surface area contributed by atoms with Crippen LogP contribution in [0.1, 0.15) is 18.1 Å². The van der Waals surface area contributed by atoms with E-state index in [2.05, 4.69) is 40.3 Å². The van der Waals surface area contributed by atoms with Crippen LogP contribution in [0.3, 0.4) is 0 Å². The van der Waals surface area contributed by atoms with Gasteiger partial charge in [0.25, 0.3) is 0 Å². The average molecular weight is 549 g/mol. The van der Waals surface area contributed by atoms with Crippen molar-refractivity contribution in [3.05, 3.63) is 54.0 Å². The Balaban J connectivity index is 1.45. The second kappa shape index (κ2) is 10.2. The molecule has 0 spiro atoms. The lowest BCUT2D eigenvalue weighted by atomic mass is 10.1. The highest BCUT2D eigenvalue weighted by atomic mass is 19.4. The van der Waals surface area contributed by atoms with Crippen molar-refractivity contribution in [2.75, 3.05) is 42.9 Å². The molecule has 4 aromatic heterocycles. The van der Waals surface area contributed by atoms with E-state index in [0.29, 0.717) is 38.1 Å². The summed E-state index contributed by atoms with van der Waals surface area (Å²) in [5.74, 6) is 0.228. The van der Waals surface area contributed by atoms with Crippen LogP contribution >= 0.6 is 0 Å². The van der Waals surface area contributed by atoms with E-state index in [1.807, 2.05) is 6.92 Å². The quantitative estimate of drug-likeness (QED) is 0.352. The number of hydrogen-bond acceptors (Lipinski definition) is 9. The zero-order valence-corrected chi connectivity index (χ0v) is 20.4. The number of nitrogens with zero attached hydrogens (tertiary/aromatic N) is 8. The van der Waals surface area contributed by atoms with E-state index >= 15 is 0 Å². The largest absolute Gasteiger partial charge is 0.418 e. The summed E-state index contributed by atoms with van der Waals surface area (Å²) in [4.78, 5) is 20.2. The molecule has 1 fully saturated rings. The molecular formula is C24H21F6N9. The Morgan fingerprint density at radius 1 is 0.872 bits per heavy atom. The fourth-order valence-electron chi connectivity index (χ4n) is 4.14. The second-order valence-electron chi connectivity index (χ2n) is 8.72. The molecule has 5 rings (SSSR count). The van der Waals surface area contributed by atoms with Gasteiger partial charge in [0.1, 0.15) is 22.7 Å². The Bertz CT molecular complexity index is 1470. The van der Waals surface area contributed by atoms with Gasteiger partial charge in [-0.1, -0.05) is 6.92 Å². The third-order valence-corrected chi connectivity index (χ3v) is 6.27. The molecular weight excluding hydrogens is 528 g/mol. The van der Waals surface area contributed by atoms with E-state index in [4.69, 9.17) is 0 Å². The van der Waals surface area contributed by atoms with Gasteiger partial charge in [0.2, 0.25) is 0 Å². The molecule has 4 aromatic rings. The summed E-state index contributed by atoms with van der Waals surface area (Å²) in [5.41, 5.74) is -2.10. The summed E-state index contributed by atoms with van der Waals surface area (Å²) >= 11 is 0. The number of rotatable bonds is 5. The maximum absolute atomic E-state index is 14.1. The summed E-state index contributed by atoms with van der Waals surface area (Å²) in [6, 6.07) is 4.47. The fourth-order valence-corrected chi connectivity index (χ4v) is 4.14. The second-order valence-corrected chi connectivity index (χ2v) is 8.72. The predicted molar refractivity (Wildman–Crippen MR) is 130 cm³/mol. The van der Waals surface area contributed by atoms with E-state index in [-0.39, 0.29) is 28.5 Å². The van der Waals surface area contributed by atoms with Crippen LogP contribution < -0.4 is 10.2 Å². The molecule has 1 saturated heterocycles. The van der Waals surface area contributed by atoms with Crippen LogP contribution in [0.25, 0.3) is 22.6 Å². The summed E-state index contributed by atoms with van der Waals surface area (Å²) in [6.07, 6.45) is -6.12. The number of pyridine rings is 2. The van der Waals surface area contributed by atoms with Gasteiger partial charge in [0, 0.05) is 38.6 Å². The van der Waals surface area contributed by atoms with Gasteiger partial charge in [-0.15, -0.1) is 10.2 Å². The molecule has 0 bridgehead atoms. The number of alkyl halides is 6. The number of nitrogens with one attached hydrogen (secondary N) is 1. The molecule has 0 saturated carbocycles. The summed E-state index contributed by atoms with van der Waals surface area (Å²) in [7, 11) is 0. The van der Waals surface area contributed by atoms with Gasteiger partial charge in [-0.05, 0) is 30.8 Å². The van der Waals surface area contributed by atoms with Crippen molar-refractivity contribution in [3.8, 4) is 11.4 Å². The Hall–Kier alpha value is -4.14. The van der Waals surface area contributed by atoms with Gasteiger partial charge in [-0.2, -0.15) is 26.3 Å². The van der Waals surface area contributed by atoms with Crippen LogP contribution in [-0.2, 0) is 12.4 Å². The Kier molecular flexibility index (Phi) is 6.92. The summed E-state index contributed by atoms with van der Waals surface area (Å²) in [6.45, 7) is 5.36. The van der Waals surface area contributed by atoms with Crippen LogP contribution in [0.4, 0.5) is 43.7 Å². The van der Waals surface area contributed by atoms with Crippen LogP contribution in [0.2, 0.25) is 0 Å². The smallest absolute Gasteiger partial charge is 0.353 e. The van der Waals surface area contributed by atoms with Crippen LogP contribution in [0, 0.1) is 0 Å². The van der Waals surface area contributed by atoms with Crippen molar-refractivity contribution in [1.29, 1.82) is 0 Å². The zero-order chi connectivity index (χ0) is 27.8. The first-order chi connectivity index (χ1) is 18.5. The monoisotopic (exact) mass is 549 g/mol. The van der Waals surface area contributed by atoms with E-state index in [1.165, 1.54) is 12.3 Å². The lowest BCUT2D eigenvalue weighted by Crippen LogP contribution is -2.46.